The van der Waals surface area contributed by atoms with E-state index in [1.54, 1.807) is 7.11 Å². The summed E-state index contributed by atoms with van der Waals surface area (Å²) in [5, 5.41) is 15.3. The van der Waals surface area contributed by atoms with Crippen molar-refractivity contribution >= 4 is 20.2 Å². The van der Waals surface area contributed by atoms with Crippen molar-refractivity contribution in [2.24, 2.45) is 0 Å². The van der Waals surface area contributed by atoms with Crippen LogP contribution in [-0.4, -0.2) is 62.6 Å². The van der Waals surface area contributed by atoms with E-state index in [1.165, 1.54) is 51.4 Å². The Hall–Kier alpha value is -0.151. The van der Waals surface area contributed by atoms with Crippen molar-refractivity contribution in [1.29, 1.82) is 0 Å². The van der Waals surface area contributed by atoms with Crippen molar-refractivity contribution in [2.75, 3.05) is 33.4 Å². The molecule has 2 heterocycles. The molecule has 4 N–H and O–H groups in total. The Balaban J connectivity index is 0.00000103. The van der Waals surface area contributed by atoms with Crippen LogP contribution in [0.15, 0.2) is 12.1 Å². The number of halogens is 2. The molecule has 2 aliphatic carbocycles. The van der Waals surface area contributed by atoms with Crippen molar-refractivity contribution in [1.82, 2.24) is 26.3 Å². The van der Waals surface area contributed by atoms with Gasteiger partial charge in [0.1, 0.15) is 12.4 Å². The first-order chi connectivity index (χ1) is 16.7. The van der Waals surface area contributed by atoms with Crippen LogP contribution in [0.1, 0.15) is 62.8 Å². The SMILES string of the molecule is COCCOc1ccc2nc1CN[C@@H]1CCCC[C@H]1NCCN[C@@H]1CCCC[C@H]1NC2.[Cl][Mn][Cl]. The maximum atomic E-state index is 5.99. The Bertz CT molecular complexity index is 705. The third-order valence-electron chi connectivity index (χ3n) is 7.08. The van der Waals surface area contributed by atoms with E-state index in [1.807, 2.05) is 0 Å². The van der Waals surface area contributed by atoms with E-state index in [2.05, 4.69) is 33.4 Å². The van der Waals surface area contributed by atoms with Crippen molar-refractivity contribution in [2.45, 2.75) is 88.6 Å². The van der Waals surface area contributed by atoms with Gasteiger partial charge in [-0.05, 0) is 37.8 Å². The van der Waals surface area contributed by atoms with Gasteiger partial charge in [0.2, 0.25) is 0 Å². The van der Waals surface area contributed by atoms with Gasteiger partial charge in [-0.1, -0.05) is 25.7 Å². The van der Waals surface area contributed by atoms with Gasteiger partial charge in [-0.3, -0.25) is 4.98 Å². The molecule has 2 saturated carbocycles. The van der Waals surface area contributed by atoms with Crippen LogP contribution in [0.5, 0.6) is 5.75 Å². The standard InChI is InChI=1S/C24H41N5O2.2ClH.Mn/c1-30-14-15-31-24-11-10-18-16-27-21-8-4-2-6-19(21)25-12-13-26-20-7-3-5-9-22(20)28-17-23(24)29-18;;;/h10-11,19-22,25-28H,2-9,12-17H2,1H3;2*1H;/q;;;+2/p-2/t19-,20-,21-,22-;;;/m1.../s1. The average molecular weight is 557 g/mol. The van der Waals surface area contributed by atoms with E-state index in [9.17, 15) is 0 Å². The molecule has 2 fully saturated rings. The van der Waals surface area contributed by atoms with Gasteiger partial charge in [0.05, 0.1) is 18.0 Å². The fourth-order valence-electron chi connectivity index (χ4n) is 5.34. The van der Waals surface area contributed by atoms with Gasteiger partial charge in [-0.15, -0.1) is 0 Å². The third kappa shape index (κ3) is 9.38. The molecule has 1 aliphatic heterocycles. The van der Waals surface area contributed by atoms with E-state index in [-0.39, 0.29) is 13.1 Å². The molecule has 1 aromatic rings. The van der Waals surface area contributed by atoms with Crippen LogP contribution in [-0.2, 0) is 31.0 Å². The molecule has 1 aromatic heterocycles. The van der Waals surface area contributed by atoms with Gasteiger partial charge >= 0.3 is 33.3 Å². The van der Waals surface area contributed by atoms with Crippen LogP contribution in [0.2, 0.25) is 0 Å². The molecule has 0 spiro atoms. The topological polar surface area (TPSA) is 79.5 Å². The molecule has 0 radical (unpaired) electrons. The fraction of sp³-hybridized carbons (Fsp3) is 0.792. The molecule has 0 saturated heterocycles. The Morgan fingerprint density at radius 2 is 1.35 bits per heavy atom. The molecule has 0 aromatic carbocycles. The summed E-state index contributed by atoms with van der Waals surface area (Å²) in [6.45, 7) is 4.74. The summed E-state index contributed by atoms with van der Waals surface area (Å²) in [5.74, 6) is 0.871. The van der Waals surface area contributed by atoms with Gasteiger partial charge in [0, 0.05) is 57.5 Å². The summed E-state index contributed by atoms with van der Waals surface area (Å²) in [4.78, 5) is 5.01. The normalized spacial score (nSPS) is 28.2. The van der Waals surface area contributed by atoms with Gasteiger partial charge in [0.15, 0.2) is 0 Å². The molecule has 0 unspecified atom stereocenters. The first-order valence-electron chi connectivity index (χ1n) is 12.7. The molecule has 34 heavy (non-hydrogen) atoms. The van der Waals surface area contributed by atoms with Crippen LogP contribution < -0.4 is 26.0 Å². The summed E-state index contributed by atoms with van der Waals surface area (Å²) in [6.07, 6.45) is 10.2. The number of aromatic nitrogens is 1. The molecular formula is C24H41Cl2MnN5O2. The Morgan fingerprint density at radius 3 is 1.91 bits per heavy atom. The predicted octanol–water partition coefficient (Wildman–Crippen LogP) is 3.48. The first-order valence-corrected chi connectivity index (χ1v) is 15.9. The Kier molecular flexibility index (Phi) is 13.8. The van der Waals surface area contributed by atoms with Crippen molar-refractivity contribution in [3.63, 3.8) is 0 Å². The minimum atomic E-state index is 0.00694. The second-order valence-corrected chi connectivity index (χ2v) is 11.3. The van der Waals surface area contributed by atoms with E-state index >= 15 is 0 Å². The number of methoxy groups -OCH3 is 1. The number of nitrogens with zero attached hydrogens (tertiary/aromatic N) is 1. The third-order valence-corrected chi connectivity index (χ3v) is 7.08. The van der Waals surface area contributed by atoms with Crippen molar-refractivity contribution in [3.8, 4) is 5.75 Å². The number of ether oxygens (including phenoxy) is 2. The van der Waals surface area contributed by atoms with E-state index in [0.717, 1.165) is 43.3 Å². The van der Waals surface area contributed by atoms with Crippen LogP contribution in [0.25, 0.3) is 0 Å². The van der Waals surface area contributed by atoms with Gasteiger partial charge in [0.25, 0.3) is 0 Å². The zero-order valence-corrected chi connectivity index (χ0v) is 23.0. The second kappa shape index (κ2) is 16.6. The zero-order chi connectivity index (χ0) is 24.0. The number of hydrogen-bond acceptors (Lipinski definition) is 7. The maximum absolute atomic E-state index is 5.99. The molecule has 10 heteroatoms. The quantitative estimate of drug-likeness (QED) is 0.334. The average Bonchev–Trinajstić information content (AvgIpc) is 2.86. The predicted molar refractivity (Wildman–Crippen MR) is 135 cm³/mol. The zero-order valence-electron chi connectivity index (χ0n) is 20.3. The summed E-state index contributed by atoms with van der Waals surface area (Å²) in [5.41, 5.74) is 2.10. The minimum absolute atomic E-state index is 0.00694. The summed E-state index contributed by atoms with van der Waals surface area (Å²) < 4.78 is 11.2. The number of rotatable bonds is 4. The van der Waals surface area contributed by atoms with Crippen LogP contribution >= 0.6 is 20.2 Å². The van der Waals surface area contributed by atoms with E-state index in [0.29, 0.717) is 37.4 Å². The number of nitrogens with one attached hydrogen (secondary N) is 4. The molecule has 3 aliphatic rings. The van der Waals surface area contributed by atoms with Crippen molar-refractivity contribution in [3.05, 3.63) is 23.5 Å². The molecular weight excluding hydrogens is 516 g/mol. The van der Waals surface area contributed by atoms with Crippen LogP contribution in [0.3, 0.4) is 0 Å². The van der Waals surface area contributed by atoms with E-state index < -0.39 is 0 Å². The van der Waals surface area contributed by atoms with E-state index in [4.69, 9.17) is 34.7 Å². The molecule has 4 rings (SSSR count). The summed E-state index contributed by atoms with van der Waals surface area (Å²) >= 11 is 0.00694. The van der Waals surface area contributed by atoms with Crippen LogP contribution in [0, 0.1) is 0 Å². The summed E-state index contributed by atoms with van der Waals surface area (Å²) in [6, 6.07) is 6.27. The molecule has 2 bridgehead atoms. The molecule has 7 nitrogen and oxygen atoms in total. The molecule has 4 atom stereocenters. The first kappa shape index (κ1) is 28.4. The van der Waals surface area contributed by atoms with Crippen LogP contribution in [0.4, 0.5) is 0 Å². The summed E-state index contributed by atoms with van der Waals surface area (Å²) in [7, 11) is 11.3. The number of hydrogen-bond donors (Lipinski definition) is 4. The molecule has 195 valence electrons. The number of fused-ring (bicyclic) bond motifs is 4. The Morgan fingerprint density at radius 1 is 0.824 bits per heavy atom. The Labute approximate surface area is 219 Å². The second-order valence-electron chi connectivity index (χ2n) is 9.31. The fourth-order valence-corrected chi connectivity index (χ4v) is 5.34. The van der Waals surface area contributed by atoms with Gasteiger partial charge in [-0.25, -0.2) is 0 Å². The van der Waals surface area contributed by atoms with Crippen molar-refractivity contribution < 1.29 is 22.6 Å². The number of pyridine rings is 1. The van der Waals surface area contributed by atoms with Gasteiger partial charge < -0.3 is 30.7 Å². The van der Waals surface area contributed by atoms with Gasteiger partial charge in [-0.2, -0.15) is 0 Å². The monoisotopic (exact) mass is 556 g/mol. The molecule has 0 amide bonds.